The van der Waals surface area contributed by atoms with Gasteiger partial charge in [0.25, 0.3) is 5.56 Å². The van der Waals surface area contributed by atoms with E-state index >= 15 is 0 Å². The Morgan fingerprint density at radius 1 is 1.14 bits per heavy atom. The summed E-state index contributed by atoms with van der Waals surface area (Å²) in [6, 6.07) is 9.25. The Hall–Kier alpha value is -3.09. The minimum absolute atomic E-state index is 0.176. The van der Waals surface area contributed by atoms with Crippen molar-refractivity contribution in [3.8, 4) is 11.1 Å². The van der Waals surface area contributed by atoms with Gasteiger partial charge in [0.05, 0.1) is 5.52 Å². The Morgan fingerprint density at radius 3 is 2.52 bits per heavy atom. The van der Waals surface area contributed by atoms with E-state index in [1.165, 1.54) is 0 Å². The number of hydrogen-bond acceptors (Lipinski definition) is 3. The maximum absolute atomic E-state index is 12.2. The van der Waals surface area contributed by atoms with Crippen molar-refractivity contribution in [1.82, 2.24) is 14.5 Å². The molecule has 0 saturated heterocycles. The molecule has 0 aliphatic carbocycles. The van der Waals surface area contributed by atoms with E-state index in [9.17, 15) is 14.4 Å². The second kappa shape index (κ2) is 4.78. The molecule has 3 aromatic rings. The van der Waals surface area contributed by atoms with Crippen molar-refractivity contribution >= 4 is 17.0 Å². The summed E-state index contributed by atoms with van der Waals surface area (Å²) in [5.74, 6) is -1.25. The fourth-order valence-electron chi connectivity index (χ4n) is 2.25. The van der Waals surface area contributed by atoms with Crippen molar-refractivity contribution < 1.29 is 9.90 Å². The zero-order chi connectivity index (χ0) is 15.0. The van der Waals surface area contributed by atoms with Crippen LogP contribution in [-0.2, 0) is 11.3 Å². The maximum atomic E-state index is 12.2. The number of rotatable bonds is 3. The number of benzene rings is 1. The number of carboxylic acid groups (broad SMARTS) is 1. The van der Waals surface area contributed by atoms with Crippen LogP contribution in [0, 0.1) is 0 Å². The quantitative estimate of drug-likeness (QED) is 0.660. The standard InChI is InChI=1S/C14H11N3O4/c18-10(19)7-17-13(20)12-11(16-14(17)21)9(6-15-12)8-4-2-1-3-5-8/h1-6,15H,7H2,(H,16,21)(H,18,19). The van der Waals surface area contributed by atoms with Crippen molar-refractivity contribution in [3.63, 3.8) is 0 Å². The molecule has 2 heterocycles. The van der Waals surface area contributed by atoms with Gasteiger partial charge in [0.2, 0.25) is 0 Å². The van der Waals surface area contributed by atoms with Crippen LogP contribution < -0.4 is 11.2 Å². The number of aromatic amines is 2. The van der Waals surface area contributed by atoms with Gasteiger partial charge >= 0.3 is 11.7 Å². The van der Waals surface area contributed by atoms with Crippen molar-refractivity contribution in [3.05, 3.63) is 57.4 Å². The lowest BCUT2D eigenvalue weighted by atomic mass is 10.1. The highest BCUT2D eigenvalue weighted by atomic mass is 16.4. The van der Waals surface area contributed by atoms with Crippen molar-refractivity contribution in [2.75, 3.05) is 0 Å². The zero-order valence-electron chi connectivity index (χ0n) is 10.8. The molecule has 0 spiro atoms. The Kier molecular flexibility index (Phi) is 2.94. The van der Waals surface area contributed by atoms with E-state index in [-0.39, 0.29) is 5.52 Å². The molecule has 0 bridgehead atoms. The first-order chi connectivity index (χ1) is 10.1. The molecule has 0 radical (unpaired) electrons. The minimum atomic E-state index is -1.25. The SMILES string of the molecule is O=C(O)Cn1c(=O)[nH]c2c(-c3ccccc3)c[nH]c2c1=O. The molecule has 0 atom stereocenters. The van der Waals surface area contributed by atoms with Crippen molar-refractivity contribution in [2.45, 2.75) is 6.54 Å². The molecule has 0 amide bonds. The van der Waals surface area contributed by atoms with Gasteiger partial charge in [-0.3, -0.25) is 9.59 Å². The van der Waals surface area contributed by atoms with Crippen LogP contribution >= 0.6 is 0 Å². The second-order valence-corrected chi connectivity index (χ2v) is 4.53. The minimum Gasteiger partial charge on any atom is -0.480 e. The summed E-state index contributed by atoms with van der Waals surface area (Å²) in [5.41, 5.74) is 0.676. The molecule has 106 valence electrons. The lowest BCUT2D eigenvalue weighted by molar-refractivity contribution is -0.137. The lowest BCUT2D eigenvalue weighted by Gasteiger charge is -2.02. The summed E-state index contributed by atoms with van der Waals surface area (Å²) in [6.45, 7) is -0.677. The molecule has 3 N–H and O–H groups in total. The number of H-pyrrole nitrogens is 2. The van der Waals surface area contributed by atoms with Gasteiger partial charge in [-0.25, -0.2) is 9.36 Å². The van der Waals surface area contributed by atoms with Crippen LogP contribution in [0.3, 0.4) is 0 Å². The summed E-state index contributed by atoms with van der Waals surface area (Å²) in [4.78, 5) is 40.2. The molecule has 3 rings (SSSR count). The molecule has 0 unspecified atom stereocenters. The highest BCUT2D eigenvalue weighted by molar-refractivity contribution is 5.91. The van der Waals surface area contributed by atoms with Gasteiger partial charge in [-0.05, 0) is 5.56 Å². The second-order valence-electron chi connectivity index (χ2n) is 4.53. The van der Waals surface area contributed by atoms with E-state index < -0.39 is 23.8 Å². The smallest absolute Gasteiger partial charge is 0.329 e. The molecular weight excluding hydrogens is 274 g/mol. The maximum Gasteiger partial charge on any atom is 0.329 e. The Labute approximate surface area is 117 Å². The molecule has 0 saturated carbocycles. The summed E-state index contributed by atoms with van der Waals surface area (Å²) in [6.07, 6.45) is 1.61. The average Bonchev–Trinajstić information content (AvgIpc) is 2.88. The van der Waals surface area contributed by atoms with Crippen LogP contribution in [0.15, 0.2) is 46.1 Å². The molecule has 0 aliphatic rings. The van der Waals surface area contributed by atoms with Gasteiger partial charge in [0.1, 0.15) is 12.1 Å². The normalized spacial score (nSPS) is 10.9. The van der Waals surface area contributed by atoms with Gasteiger partial charge in [-0.1, -0.05) is 30.3 Å². The fraction of sp³-hybridized carbons (Fsp3) is 0.0714. The van der Waals surface area contributed by atoms with Crippen LogP contribution in [0.4, 0.5) is 0 Å². The van der Waals surface area contributed by atoms with Crippen LogP contribution in [0.1, 0.15) is 0 Å². The topological polar surface area (TPSA) is 108 Å². The van der Waals surface area contributed by atoms with E-state index in [4.69, 9.17) is 5.11 Å². The highest BCUT2D eigenvalue weighted by Crippen LogP contribution is 2.24. The largest absolute Gasteiger partial charge is 0.480 e. The first kappa shape index (κ1) is 12.9. The third-order valence-electron chi connectivity index (χ3n) is 3.19. The summed E-state index contributed by atoms with van der Waals surface area (Å²) < 4.78 is 0.649. The van der Waals surface area contributed by atoms with Crippen LogP contribution in [0.25, 0.3) is 22.2 Å². The van der Waals surface area contributed by atoms with Gasteiger partial charge in [-0.15, -0.1) is 0 Å². The third-order valence-corrected chi connectivity index (χ3v) is 3.19. The van der Waals surface area contributed by atoms with Gasteiger partial charge in [0.15, 0.2) is 0 Å². The number of carboxylic acids is 1. The molecule has 7 heteroatoms. The molecule has 1 aromatic carbocycles. The van der Waals surface area contributed by atoms with E-state index in [0.717, 1.165) is 5.56 Å². The monoisotopic (exact) mass is 285 g/mol. The zero-order valence-corrected chi connectivity index (χ0v) is 10.8. The number of carbonyl (C=O) groups is 1. The molecule has 0 aliphatic heterocycles. The Morgan fingerprint density at radius 2 is 1.86 bits per heavy atom. The predicted molar refractivity (Wildman–Crippen MR) is 76.3 cm³/mol. The first-order valence-corrected chi connectivity index (χ1v) is 6.19. The molecule has 0 fully saturated rings. The molecule has 7 nitrogen and oxygen atoms in total. The van der Waals surface area contributed by atoms with Crippen LogP contribution in [0.2, 0.25) is 0 Å². The van der Waals surface area contributed by atoms with Crippen LogP contribution in [-0.4, -0.2) is 25.6 Å². The first-order valence-electron chi connectivity index (χ1n) is 6.19. The summed E-state index contributed by atoms with van der Waals surface area (Å²) in [5, 5.41) is 8.75. The van der Waals surface area contributed by atoms with E-state index in [2.05, 4.69) is 9.97 Å². The lowest BCUT2D eigenvalue weighted by Crippen LogP contribution is -2.37. The molecular formula is C14H11N3O4. The summed E-state index contributed by atoms with van der Waals surface area (Å²) >= 11 is 0. The number of aliphatic carboxylic acids is 1. The number of nitrogens with one attached hydrogen (secondary N) is 2. The van der Waals surface area contributed by atoms with Crippen molar-refractivity contribution in [2.24, 2.45) is 0 Å². The van der Waals surface area contributed by atoms with Gasteiger partial charge < -0.3 is 15.1 Å². The number of aromatic nitrogens is 3. The van der Waals surface area contributed by atoms with Crippen LogP contribution in [0.5, 0.6) is 0 Å². The van der Waals surface area contributed by atoms with Crippen molar-refractivity contribution in [1.29, 1.82) is 0 Å². The fourth-order valence-corrected chi connectivity index (χ4v) is 2.25. The van der Waals surface area contributed by atoms with E-state index in [0.29, 0.717) is 15.6 Å². The third kappa shape index (κ3) is 2.14. The summed E-state index contributed by atoms with van der Waals surface area (Å²) in [7, 11) is 0. The average molecular weight is 285 g/mol. The number of nitrogens with zero attached hydrogens (tertiary/aromatic N) is 1. The predicted octanol–water partition coefficient (Wildman–Crippen LogP) is 0.770. The highest BCUT2D eigenvalue weighted by Gasteiger charge is 2.14. The Bertz CT molecular complexity index is 934. The number of hydrogen-bond donors (Lipinski definition) is 3. The van der Waals surface area contributed by atoms with E-state index in [1.54, 1.807) is 6.20 Å². The van der Waals surface area contributed by atoms with E-state index in [1.807, 2.05) is 30.3 Å². The Balaban J connectivity index is 2.28. The van der Waals surface area contributed by atoms with Gasteiger partial charge in [0, 0.05) is 11.8 Å². The molecule has 2 aromatic heterocycles. The number of fused-ring (bicyclic) bond motifs is 1. The van der Waals surface area contributed by atoms with Gasteiger partial charge in [-0.2, -0.15) is 0 Å². The molecule has 21 heavy (non-hydrogen) atoms.